The molecular weight excluding hydrogens is 364 g/mol. The molecule has 3 rings (SSSR count). The highest BCUT2D eigenvalue weighted by Crippen LogP contribution is 2.24. The summed E-state index contributed by atoms with van der Waals surface area (Å²) in [5, 5.41) is 2.67. The van der Waals surface area contributed by atoms with Gasteiger partial charge in [-0.2, -0.15) is 0 Å². The van der Waals surface area contributed by atoms with E-state index < -0.39 is 22.7 Å². The van der Waals surface area contributed by atoms with E-state index in [1.165, 1.54) is 30.3 Å². The Balaban J connectivity index is 2.26. The minimum atomic E-state index is -0.656. The Kier molecular flexibility index (Phi) is 4.91. The van der Waals surface area contributed by atoms with Crippen LogP contribution in [-0.2, 0) is 21.1 Å². The number of pyridine rings is 1. The van der Waals surface area contributed by atoms with Gasteiger partial charge < -0.3 is 10.1 Å². The highest BCUT2D eigenvalue weighted by molar-refractivity contribution is 6.12. The molecule has 0 atom stereocenters. The van der Waals surface area contributed by atoms with Crippen LogP contribution in [0.3, 0.4) is 0 Å². The summed E-state index contributed by atoms with van der Waals surface area (Å²) >= 11 is 0. The Morgan fingerprint density at radius 1 is 1.04 bits per heavy atom. The predicted molar refractivity (Wildman–Crippen MR) is 105 cm³/mol. The molecule has 146 valence electrons. The molecule has 0 saturated carbocycles. The molecule has 0 saturated heterocycles. The number of aromatic nitrogens is 3. The maximum Gasteiger partial charge on any atom is 0.332 e. The van der Waals surface area contributed by atoms with Gasteiger partial charge in [-0.15, -0.1) is 0 Å². The number of nitrogens with zero attached hydrogens (tertiary/aromatic N) is 3. The maximum atomic E-state index is 13.0. The van der Waals surface area contributed by atoms with E-state index in [9.17, 15) is 19.2 Å². The first-order valence-electron chi connectivity index (χ1n) is 8.60. The fourth-order valence-electron chi connectivity index (χ4n) is 3.08. The van der Waals surface area contributed by atoms with Crippen molar-refractivity contribution >= 4 is 22.6 Å². The van der Waals surface area contributed by atoms with Gasteiger partial charge in [0, 0.05) is 27.2 Å². The molecule has 0 aliphatic rings. The van der Waals surface area contributed by atoms with E-state index in [0.717, 1.165) is 10.6 Å². The molecule has 1 amide bonds. The fraction of sp³-hybridized carbons (Fsp3) is 0.263. The summed E-state index contributed by atoms with van der Waals surface area (Å²) in [5.74, 6) is -0.183. The summed E-state index contributed by atoms with van der Waals surface area (Å²) in [7, 11) is 4.20. The molecule has 0 spiro atoms. The number of carbonyl (C=O) groups is 1. The molecule has 9 nitrogen and oxygen atoms in total. The van der Waals surface area contributed by atoms with E-state index in [1.54, 1.807) is 24.3 Å². The first-order chi connectivity index (χ1) is 13.3. The van der Waals surface area contributed by atoms with Gasteiger partial charge in [-0.3, -0.25) is 28.1 Å². The Morgan fingerprint density at radius 2 is 1.71 bits per heavy atom. The second-order valence-electron chi connectivity index (χ2n) is 6.24. The predicted octanol–water partition coefficient (Wildman–Crippen LogP) is 0.587. The van der Waals surface area contributed by atoms with Crippen LogP contribution in [0.4, 0.5) is 5.69 Å². The Hall–Kier alpha value is -3.62. The molecule has 0 unspecified atom stereocenters. The summed E-state index contributed by atoms with van der Waals surface area (Å²) in [4.78, 5) is 50.3. The molecule has 2 heterocycles. The molecular formula is C19H20N4O5. The van der Waals surface area contributed by atoms with Gasteiger partial charge in [0.05, 0.1) is 23.2 Å². The number of rotatable bonds is 4. The van der Waals surface area contributed by atoms with Crippen molar-refractivity contribution in [3.63, 3.8) is 0 Å². The minimum Gasteiger partial charge on any atom is -0.492 e. The van der Waals surface area contributed by atoms with Gasteiger partial charge in [0.15, 0.2) is 0 Å². The second kappa shape index (κ2) is 7.18. The van der Waals surface area contributed by atoms with E-state index in [0.29, 0.717) is 18.0 Å². The topological polar surface area (TPSA) is 104 Å². The van der Waals surface area contributed by atoms with Crippen LogP contribution >= 0.6 is 0 Å². The van der Waals surface area contributed by atoms with Crippen LogP contribution in [0.5, 0.6) is 5.75 Å². The molecule has 28 heavy (non-hydrogen) atoms. The largest absolute Gasteiger partial charge is 0.492 e. The van der Waals surface area contributed by atoms with Crippen LogP contribution in [0.1, 0.15) is 17.3 Å². The van der Waals surface area contributed by atoms with Gasteiger partial charge in [0.25, 0.3) is 17.0 Å². The van der Waals surface area contributed by atoms with Crippen LogP contribution in [0.25, 0.3) is 11.0 Å². The molecule has 0 radical (unpaired) electrons. The summed E-state index contributed by atoms with van der Waals surface area (Å²) in [5.41, 5.74) is -1.39. The van der Waals surface area contributed by atoms with Gasteiger partial charge >= 0.3 is 5.69 Å². The van der Waals surface area contributed by atoms with Crippen molar-refractivity contribution in [2.75, 3.05) is 11.9 Å². The molecule has 9 heteroatoms. The van der Waals surface area contributed by atoms with Crippen molar-refractivity contribution < 1.29 is 9.53 Å². The highest BCUT2D eigenvalue weighted by atomic mass is 16.5. The third-order valence-electron chi connectivity index (χ3n) is 4.50. The molecule has 0 aliphatic carbocycles. The number of fused-ring (bicyclic) bond motifs is 1. The maximum absolute atomic E-state index is 13.0. The number of hydrogen-bond donors (Lipinski definition) is 1. The second-order valence-corrected chi connectivity index (χ2v) is 6.24. The van der Waals surface area contributed by atoms with E-state index >= 15 is 0 Å². The van der Waals surface area contributed by atoms with Gasteiger partial charge in [0.2, 0.25) is 0 Å². The lowest BCUT2D eigenvalue weighted by molar-refractivity contribution is 0.102. The molecule has 1 N–H and O–H groups in total. The Morgan fingerprint density at radius 3 is 2.39 bits per heavy atom. The quantitative estimate of drug-likeness (QED) is 0.709. The monoisotopic (exact) mass is 384 g/mol. The van der Waals surface area contributed by atoms with Crippen LogP contribution in [0.15, 0.2) is 44.7 Å². The number of ether oxygens (including phenoxy) is 1. The number of anilines is 1. The van der Waals surface area contributed by atoms with Gasteiger partial charge in [-0.1, -0.05) is 12.1 Å². The number of para-hydroxylation sites is 2. The zero-order valence-corrected chi connectivity index (χ0v) is 16.0. The van der Waals surface area contributed by atoms with Crippen molar-refractivity contribution in [3.8, 4) is 5.75 Å². The number of benzene rings is 1. The zero-order chi connectivity index (χ0) is 20.6. The molecule has 0 fully saturated rings. The highest BCUT2D eigenvalue weighted by Gasteiger charge is 2.21. The Labute approximate surface area is 159 Å². The molecule has 1 aromatic carbocycles. The lowest BCUT2D eigenvalue weighted by Gasteiger charge is -2.15. The van der Waals surface area contributed by atoms with Crippen molar-refractivity contribution in [2.24, 2.45) is 21.1 Å². The number of nitrogens with one attached hydrogen (secondary N) is 1. The van der Waals surface area contributed by atoms with E-state index in [1.807, 2.05) is 6.92 Å². The average Bonchev–Trinajstić information content (AvgIpc) is 2.68. The van der Waals surface area contributed by atoms with Crippen molar-refractivity contribution in [2.45, 2.75) is 6.92 Å². The van der Waals surface area contributed by atoms with E-state index in [4.69, 9.17) is 4.74 Å². The van der Waals surface area contributed by atoms with E-state index in [-0.39, 0.29) is 16.6 Å². The summed E-state index contributed by atoms with van der Waals surface area (Å²) < 4.78 is 8.73. The Bertz CT molecular complexity index is 1270. The lowest BCUT2D eigenvalue weighted by Crippen LogP contribution is -2.40. The first-order valence-corrected chi connectivity index (χ1v) is 8.60. The van der Waals surface area contributed by atoms with Gasteiger partial charge in [-0.25, -0.2) is 4.79 Å². The minimum absolute atomic E-state index is 0.0157. The lowest BCUT2D eigenvalue weighted by atomic mass is 10.1. The average molecular weight is 384 g/mol. The molecule has 2 aromatic heterocycles. The summed E-state index contributed by atoms with van der Waals surface area (Å²) in [6.45, 7) is 2.22. The number of hydrogen-bond acceptors (Lipinski definition) is 5. The SMILES string of the molecule is CCOc1ccccc1NC(=O)c1cc(=O)n(C)c2c1c(=O)n(C)c(=O)n2C. The van der Waals surface area contributed by atoms with E-state index in [2.05, 4.69) is 5.32 Å². The normalized spacial score (nSPS) is 10.9. The van der Waals surface area contributed by atoms with Crippen molar-refractivity contribution in [1.82, 2.24) is 13.7 Å². The molecule has 0 aliphatic heterocycles. The number of amides is 1. The van der Waals surface area contributed by atoms with Gasteiger partial charge in [-0.05, 0) is 19.1 Å². The summed E-state index contributed by atoms with van der Waals surface area (Å²) in [6, 6.07) is 7.93. The van der Waals surface area contributed by atoms with Crippen LogP contribution in [0.2, 0.25) is 0 Å². The third kappa shape index (κ3) is 3.00. The fourth-order valence-corrected chi connectivity index (χ4v) is 3.08. The van der Waals surface area contributed by atoms with Gasteiger partial charge in [0.1, 0.15) is 11.4 Å². The summed E-state index contributed by atoms with van der Waals surface area (Å²) in [6.07, 6.45) is 0. The number of aryl methyl sites for hydroxylation is 2. The standard InChI is InChI=1S/C19H20N4O5/c1-5-28-13-9-7-6-8-12(13)20-16(25)11-10-14(24)21(2)17-15(11)18(26)23(4)19(27)22(17)3/h6-10H,5H2,1-4H3,(H,20,25). The van der Waals surface area contributed by atoms with Crippen LogP contribution in [-0.4, -0.2) is 26.2 Å². The van der Waals surface area contributed by atoms with Crippen LogP contribution in [0, 0.1) is 0 Å². The first kappa shape index (κ1) is 19.2. The van der Waals surface area contributed by atoms with Crippen molar-refractivity contribution in [3.05, 3.63) is 67.1 Å². The molecule has 3 aromatic rings. The van der Waals surface area contributed by atoms with Crippen LogP contribution < -0.4 is 26.9 Å². The number of carbonyl (C=O) groups excluding carboxylic acids is 1. The smallest absolute Gasteiger partial charge is 0.332 e. The molecule has 0 bridgehead atoms. The zero-order valence-electron chi connectivity index (χ0n) is 16.0. The van der Waals surface area contributed by atoms with Crippen molar-refractivity contribution in [1.29, 1.82) is 0 Å². The third-order valence-corrected chi connectivity index (χ3v) is 4.50.